The van der Waals surface area contributed by atoms with Crippen LogP contribution in [0.3, 0.4) is 0 Å². The molecular formula is C15H25N3O. The summed E-state index contributed by atoms with van der Waals surface area (Å²) in [5.74, 6) is -0.393. The van der Waals surface area contributed by atoms with E-state index < -0.39 is 5.91 Å². The van der Waals surface area contributed by atoms with E-state index in [1.165, 1.54) is 0 Å². The van der Waals surface area contributed by atoms with E-state index >= 15 is 0 Å². The zero-order chi connectivity index (χ0) is 14.5. The van der Waals surface area contributed by atoms with E-state index in [0.717, 1.165) is 25.2 Å². The van der Waals surface area contributed by atoms with Crippen LogP contribution < -0.4 is 16.4 Å². The maximum absolute atomic E-state index is 11.1. The number of carbonyl (C=O) groups is 1. The first-order valence-corrected chi connectivity index (χ1v) is 6.74. The first-order valence-electron chi connectivity index (χ1n) is 6.74. The molecule has 0 unspecified atom stereocenters. The van der Waals surface area contributed by atoms with Crippen LogP contribution in [0.4, 0.5) is 5.69 Å². The van der Waals surface area contributed by atoms with Crippen molar-refractivity contribution in [2.75, 3.05) is 24.5 Å². The van der Waals surface area contributed by atoms with Crippen LogP contribution in [0.25, 0.3) is 0 Å². The highest BCUT2D eigenvalue weighted by molar-refractivity contribution is 5.93. The Hall–Kier alpha value is -1.55. The molecule has 19 heavy (non-hydrogen) atoms. The molecule has 0 saturated carbocycles. The lowest BCUT2D eigenvalue weighted by Crippen LogP contribution is -2.39. The Morgan fingerprint density at radius 1 is 1.26 bits per heavy atom. The van der Waals surface area contributed by atoms with Crippen molar-refractivity contribution >= 4 is 11.6 Å². The fourth-order valence-corrected chi connectivity index (χ4v) is 1.99. The van der Waals surface area contributed by atoms with Crippen molar-refractivity contribution in [1.82, 2.24) is 0 Å². The summed E-state index contributed by atoms with van der Waals surface area (Å²) < 4.78 is 0. The zero-order valence-corrected chi connectivity index (χ0v) is 12.1. The molecular weight excluding hydrogens is 238 g/mol. The molecule has 1 amide bonds. The number of rotatable bonds is 7. The van der Waals surface area contributed by atoms with Gasteiger partial charge in [-0.15, -0.1) is 0 Å². The van der Waals surface area contributed by atoms with Gasteiger partial charge in [0.15, 0.2) is 0 Å². The molecule has 106 valence electrons. The smallest absolute Gasteiger partial charge is 0.248 e. The monoisotopic (exact) mass is 263 g/mol. The summed E-state index contributed by atoms with van der Waals surface area (Å²) in [6.45, 7) is 8.99. The Balaban J connectivity index is 2.89. The number of nitrogens with two attached hydrogens (primary N) is 2. The molecule has 0 radical (unpaired) electrons. The minimum Gasteiger partial charge on any atom is -0.371 e. The largest absolute Gasteiger partial charge is 0.371 e. The van der Waals surface area contributed by atoms with E-state index in [1.54, 1.807) is 12.1 Å². The minimum absolute atomic E-state index is 0.0670. The van der Waals surface area contributed by atoms with Gasteiger partial charge in [0.05, 0.1) is 0 Å². The fourth-order valence-electron chi connectivity index (χ4n) is 1.99. The normalized spacial score (nSPS) is 11.4. The number of nitrogens with zero attached hydrogens (tertiary/aromatic N) is 1. The first kappa shape index (κ1) is 15.5. The third kappa shape index (κ3) is 4.56. The Morgan fingerprint density at radius 2 is 1.84 bits per heavy atom. The SMILES string of the molecule is CCCN(CC(C)(C)CN)c1ccc(C(N)=O)cc1. The van der Waals surface area contributed by atoms with Crippen LogP contribution in [0, 0.1) is 5.41 Å². The quantitative estimate of drug-likeness (QED) is 0.790. The molecule has 0 saturated heterocycles. The second kappa shape index (κ2) is 6.57. The van der Waals surface area contributed by atoms with Crippen molar-refractivity contribution in [2.45, 2.75) is 27.2 Å². The summed E-state index contributed by atoms with van der Waals surface area (Å²) in [7, 11) is 0. The second-order valence-corrected chi connectivity index (χ2v) is 5.70. The highest BCUT2D eigenvalue weighted by Gasteiger charge is 2.20. The summed E-state index contributed by atoms with van der Waals surface area (Å²) in [6, 6.07) is 7.44. The zero-order valence-electron chi connectivity index (χ0n) is 12.1. The minimum atomic E-state index is -0.393. The summed E-state index contributed by atoms with van der Waals surface area (Å²) >= 11 is 0. The fraction of sp³-hybridized carbons (Fsp3) is 0.533. The van der Waals surface area contributed by atoms with Crippen LogP contribution in [-0.2, 0) is 0 Å². The molecule has 0 aliphatic heterocycles. The Bertz CT molecular complexity index is 412. The second-order valence-electron chi connectivity index (χ2n) is 5.70. The summed E-state index contributed by atoms with van der Waals surface area (Å²) in [5.41, 5.74) is 12.8. The lowest BCUT2D eigenvalue weighted by atomic mass is 9.92. The number of amides is 1. The molecule has 4 N–H and O–H groups in total. The molecule has 0 aliphatic carbocycles. The standard InChI is InChI=1S/C15H25N3O/c1-4-9-18(11-15(2,3)10-16)13-7-5-12(6-8-13)14(17)19/h5-8H,4,9-11,16H2,1-3H3,(H2,17,19). The molecule has 0 spiro atoms. The topological polar surface area (TPSA) is 72.3 Å². The van der Waals surface area contributed by atoms with Crippen LogP contribution in [0.15, 0.2) is 24.3 Å². The molecule has 4 heteroatoms. The molecule has 0 aliphatic rings. The van der Waals surface area contributed by atoms with E-state index in [-0.39, 0.29) is 5.41 Å². The third-order valence-corrected chi connectivity index (χ3v) is 3.18. The maximum Gasteiger partial charge on any atom is 0.248 e. The Kier molecular flexibility index (Phi) is 5.36. The molecule has 1 aromatic rings. The molecule has 0 heterocycles. The van der Waals surface area contributed by atoms with Gasteiger partial charge in [0.25, 0.3) is 0 Å². The molecule has 0 bridgehead atoms. The Morgan fingerprint density at radius 3 is 2.26 bits per heavy atom. The van der Waals surface area contributed by atoms with Crippen LogP contribution in [0.2, 0.25) is 0 Å². The summed E-state index contributed by atoms with van der Waals surface area (Å²) in [5, 5.41) is 0. The highest BCUT2D eigenvalue weighted by Crippen LogP contribution is 2.22. The van der Waals surface area contributed by atoms with Gasteiger partial charge in [-0.1, -0.05) is 20.8 Å². The van der Waals surface area contributed by atoms with Crippen LogP contribution in [0.1, 0.15) is 37.6 Å². The molecule has 1 rings (SSSR count). The summed E-state index contributed by atoms with van der Waals surface area (Å²) in [4.78, 5) is 13.4. The van der Waals surface area contributed by atoms with Gasteiger partial charge in [0, 0.05) is 24.3 Å². The molecule has 0 atom stereocenters. The van der Waals surface area contributed by atoms with Gasteiger partial charge in [0.2, 0.25) is 5.91 Å². The molecule has 1 aromatic carbocycles. The maximum atomic E-state index is 11.1. The van der Waals surface area contributed by atoms with Gasteiger partial charge in [-0.25, -0.2) is 0 Å². The van der Waals surface area contributed by atoms with Crippen LogP contribution in [-0.4, -0.2) is 25.5 Å². The van der Waals surface area contributed by atoms with E-state index in [2.05, 4.69) is 25.7 Å². The van der Waals surface area contributed by atoms with Gasteiger partial charge in [-0.2, -0.15) is 0 Å². The number of benzene rings is 1. The van der Waals surface area contributed by atoms with Gasteiger partial charge < -0.3 is 16.4 Å². The highest BCUT2D eigenvalue weighted by atomic mass is 16.1. The van der Waals surface area contributed by atoms with Gasteiger partial charge in [0.1, 0.15) is 0 Å². The van der Waals surface area contributed by atoms with Crippen molar-refractivity contribution in [3.63, 3.8) is 0 Å². The first-order chi connectivity index (χ1) is 8.89. The van der Waals surface area contributed by atoms with E-state index in [4.69, 9.17) is 11.5 Å². The average Bonchev–Trinajstić information content (AvgIpc) is 2.38. The molecule has 0 aromatic heterocycles. The van der Waals surface area contributed by atoms with E-state index in [1.807, 2.05) is 12.1 Å². The van der Waals surface area contributed by atoms with E-state index in [0.29, 0.717) is 12.1 Å². The number of hydrogen-bond donors (Lipinski definition) is 2. The van der Waals surface area contributed by atoms with Gasteiger partial charge in [-0.05, 0) is 42.6 Å². The van der Waals surface area contributed by atoms with E-state index in [9.17, 15) is 4.79 Å². The van der Waals surface area contributed by atoms with Gasteiger partial charge >= 0.3 is 0 Å². The van der Waals surface area contributed by atoms with Crippen LogP contribution in [0.5, 0.6) is 0 Å². The van der Waals surface area contributed by atoms with Gasteiger partial charge in [-0.3, -0.25) is 4.79 Å². The lowest BCUT2D eigenvalue weighted by Gasteiger charge is -2.33. The van der Waals surface area contributed by atoms with Crippen molar-refractivity contribution in [3.8, 4) is 0 Å². The number of anilines is 1. The molecule has 0 fully saturated rings. The third-order valence-electron chi connectivity index (χ3n) is 3.18. The molecule has 4 nitrogen and oxygen atoms in total. The number of hydrogen-bond acceptors (Lipinski definition) is 3. The number of primary amides is 1. The van der Waals surface area contributed by atoms with Crippen molar-refractivity contribution in [1.29, 1.82) is 0 Å². The van der Waals surface area contributed by atoms with Crippen LogP contribution >= 0.6 is 0 Å². The average molecular weight is 263 g/mol. The predicted octanol–water partition coefficient (Wildman–Crippen LogP) is 1.99. The predicted molar refractivity (Wildman–Crippen MR) is 80.3 cm³/mol. The summed E-state index contributed by atoms with van der Waals surface area (Å²) in [6.07, 6.45) is 1.07. The van der Waals surface area contributed by atoms with Crippen molar-refractivity contribution in [3.05, 3.63) is 29.8 Å². The van der Waals surface area contributed by atoms with Crippen molar-refractivity contribution < 1.29 is 4.79 Å². The number of carbonyl (C=O) groups excluding carboxylic acids is 1. The Labute approximate surface area is 115 Å². The lowest BCUT2D eigenvalue weighted by molar-refractivity contribution is 0.100. The van der Waals surface area contributed by atoms with Crippen molar-refractivity contribution in [2.24, 2.45) is 16.9 Å².